The van der Waals surface area contributed by atoms with E-state index >= 15 is 0 Å². The minimum Gasteiger partial charge on any atom is -0.485 e. The van der Waals surface area contributed by atoms with Crippen LogP contribution in [0.4, 0.5) is 10.2 Å². The fourth-order valence-electron chi connectivity index (χ4n) is 3.50. The largest absolute Gasteiger partial charge is 0.485 e. The highest BCUT2D eigenvalue weighted by molar-refractivity contribution is 6.13. The zero-order valence-electron chi connectivity index (χ0n) is 18.3. The van der Waals surface area contributed by atoms with E-state index in [1.54, 1.807) is 31.6 Å². The summed E-state index contributed by atoms with van der Waals surface area (Å²) in [5.41, 5.74) is 9.64. The standard InChI is InChI=1S/C23H27FN6O2/c1-4-29-21-14-9-19(22(26)30-11-14)32-12-15-7-16(24)5-6-17(15)20(25)13(10-28-2)8-18(21)23(27)31-3/h5-7,9-11,25,27-29H,4,8,12H2,1-3H3,(H2,26,30)/b13-10-,21-18-,25-20?,27-23?. The topological polar surface area (TPSA) is 129 Å². The lowest BCUT2D eigenvalue weighted by atomic mass is 9.92. The molecule has 2 bridgehead atoms. The summed E-state index contributed by atoms with van der Waals surface area (Å²) in [5.74, 6) is 0.0391. The second-order valence-corrected chi connectivity index (χ2v) is 7.12. The van der Waals surface area contributed by atoms with Crippen molar-refractivity contribution in [1.29, 1.82) is 10.8 Å². The summed E-state index contributed by atoms with van der Waals surface area (Å²) in [5, 5.41) is 23.6. The second-order valence-electron chi connectivity index (χ2n) is 7.12. The van der Waals surface area contributed by atoms with Crippen molar-refractivity contribution < 1.29 is 13.9 Å². The van der Waals surface area contributed by atoms with Gasteiger partial charge in [0.25, 0.3) is 0 Å². The molecule has 0 saturated carbocycles. The van der Waals surface area contributed by atoms with E-state index in [0.717, 1.165) is 0 Å². The first-order valence-corrected chi connectivity index (χ1v) is 10.1. The number of nitrogens with one attached hydrogen (secondary N) is 4. The van der Waals surface area contributed by atoms with Crippen molar-refractivity contribution in [3.63, 3.8) is 0 Å². The molecule has 3 rings (SSSR count). The number of ether oxygens (including phenoxy) is 2. The molecule has 0 unspecified atom stereocenters. The number of benzene rings is 1. The molecule has 32 heavy (non-hydrogen) atoms. The number of anilines is 1. The van der Waals surface area contributed by atoms with Crippen molar-refractivity contribution in [3.05, 3.63) is 70.3 Å². The van der Waals surface area contributed by atoms with E-state index in [1.165, 1.54) is 19.2 Å². The van der Waals surface area contributed by atoms with Gasteiger partial charge in [0, 0.05) is 54.7 Å². The van der Waals surface area contributed by atoms with Crippen LogP contribution in [-0.4, -0.2) is 37.3 Å². The Hall–Kier alpha value is -3.88. The molecule has 8 nitrogen and oxygen atoms in total. The van der Waals surface area contributed by atoms with Gasteiger partial charge >= 0.3 is 0 Å². The van der Waals surface area contributed by atoms with Gasteiger partial charge in [-0.2, -0.15) is 0 Å². The second kappa shape index (κ2) is 9.95. The SMILES string of the molecule is CCN/C1=C(\C(=N)OC)C/C(=C/NC)C(=N)c2ccc(F)cc2COc2cc1cnc2N. The number of aromatic nitrogens is 1. The minimum atomic E-state index is -0.428. The van der Waals surface area contributed by atoms with E-state index in [4.69, 9.17) is 26.0 Å². The van der Waals surface area contributed by atoms with E-state index in [0.29, 0.717) is 45.8 Å². The average molecular weight is 439 g/mol. The predicted octanol–water partition coefficient (Wildman–Crippen LogP) is 3.20. The number of rotatable bonds is 4. The third kappa shape index (κ3) is 4.72. The molecule has 1 aliphatic heterocycles. The molecule has 0 fully saturated rings. The zero-order valence-corrected chi connectivity index (χ0v) is 18.3. The first-order chi connectivity index (χ1) is 15.4. The molecule has 1 aromatic heterocycles. The highest BCUT2D eigenvalue weighted by Gasteiger charge is 2.23. The number of hydrogen-bond donors (Lipinski definition) is 5. The summed E-state index contributed by atoms with van der Waals surface area (Å²) >= 11 is 0. The highest BCUT2D eigenvalue weighted by Crippen LogP contribution is 2.31. The summed E-state index contributed by atoms with van der Waals surface area (Å²) in [6, 6.07) is 5.94. The van der Waals surface area contributed by atoms with Crippen LogP contribution in [0.3, 0.4) is 0 Å². The van der Waals surface area contributed by atoms with Crippen molar-refractivity contribution >= 4 is 23.1 Å². The number of pyridine rings is 1. The van der Waals surface area contributed by atoms with Gasteiger partial charge in [0.1, 0.15) is 12.4 Å². The minimum absolute atomic E-state index is 0.0125. The molecule has 0 saturated heterocycles. The van der Waals surface area contributed by atoms with Gasteiger partial charge in [0.05, 0.1) is 18.5 Å². The fourth-order valence-corrected chi connectivity index (χ4v) is 3.50. The van der Waals surface area contributed by atoms with E-state index in [-0.39, 0.29) is 30.5 Å². The molecule has 0 radical (unpaired) electrons. The van der Waals surface area contributed by atoms with Crippen LogP contribution in [0.5, 0.6) is 5.75 Å². The van der Waals surface area contributed by atoms with Crippen molar-refractivity contribution in [2.24, 2.45) is 0 Å². The Morgan fingerprint density at radius 2 is 2.16 bits per heavy atom. The summed E-state index contributed by atoms with van der Waals surface area (Å²) in [6.45, 7) is 2.54. The molecule has 9 heteroatoms. The first kappa shape index (κ1) is 22.8. The number of fused-ring (bicyclic) bond motifs is 3. The zero-order chi connectivity index (χ0) is 23.3. The molecule has 168 valence electrons. The van der Waals surface area contributed by atoms with Crippen LogP contribution in [0.15, 0.2) is 47.8 Å². The van der Waals surface area contributed by atoms with Crippen molar-refractivity contribution in [3.8, 4) is 5.75 Å². The first-order valence-electron chi connectivity index (χ1n) is 10.1. The summed E-state index contributed by atoms with van der Waals surface area (Å²) in [4.78, 5) is 4.25. The van der Waals surface area contributed by atoms with Gasteiger partial charge in [-0.05, 0) is 36.8 Å². The monoisotopic (exact) mass is 438 g/mol. The number of nitrogens with zero attached hydrogens (tertiary/aromatic N) is 1. The van der Waals surface area contributed by atoms with Crippen LogP contribution in [0.2, 0.25) is 0 Å². The third-order valence-corrected chi connectivity index (χ3v) is 5.03. The summed E-state index contributed by atoms with van der Waals surface area (Å²) in [7, 11) is 3.16. The van der Waals surface area contributed by atoms with E-state index < -0.39 is 5.82 Å². The van der Waals surface area contributed by atoms with Crippen LogP contribution in [0.1, 0.15) is 30.0 Å². The molecule has 2 aromatic rings. The fraction of sp³-hybridized carbons (Fsp3) is 0.261. The molecule has 0 atom stereocenters. The predicted molar refractivity (Wildman–Crippen MR) is 123 cm³/mol. The molecule has 2 heterocycles. The van der Waals surface area contributed by atoms with Crippen LogP contribution >= 0.6 is 0 Å². The molecular weight excluding hydrogens is 411 g/mol. The number of nitrogen functional groups attached to an aromatic ring is 1. The maximum absolute atomic E-state index is 14.0. The van der Waals surface area contributed by atoms with Crippen molar-refractivity contribution in [2.45, 2.75) is 20.0 Å². The van der Waals surface area contributed by atoms with Gasteiger partial charge in [-0.3, -0.25) is 10.8 Å². The smallest absolute Gasteiger partial charge is 0.211 e. The lowest BCUT2D eigenvalue weighted by Crippen LogP contribution is -2.21. The number of halogens is 1. The Balaban J connectivity index is 2.31. The maximum Gasteiger partial charge on any atom is 0.211 e. The van der Waals surface area contributed by atoms with Gasteiger partial charge in [-0.1, -0.05) is 0 Å². The summed E-state index contributed by atoms with van der Waals surface area (Å²) in [6.07, 6.45) is 3.50. The molecule has 6 N–H and O–H groups in total. The van der Waals surface area contributed by atoms with Gasteiger partial charge in [0.15, 0.2) is 11.6 Å². The van der Waals surface area contributed by atoms with Crippen LogP contribution in [0, 0.1) is 16.6 Å². The molecule has 0 aliphatic carbocycles. The highest BCUT2D eigenvalue weighted by atomic mass is 19.1. The maximum atomic E-state index is 14.0. The van der Waals surface area contributed by atoms with E-state index in [1.807, 2.05) is 6.92 Å². The lowest BCUT2D eigenvalue weighted by molar-refractivity contribution is 0.306. The Morgan fingerprint density at radius 1 is 1.38 bits per heavy atom. The van der Waals surface area contributed by atoms with E-state index in [2.05, 4.69) is 15.6 Å². The van der Waals surface area contributed by atoms with Crippen molar-refractivity contribution in [1.82, 2.24) is 15.6 Å². The van der Waals surface area contributed by atoms with Crippen molar-refractivity contribution in [2.75, 3.05) is 26.4 Å². The van der Waals surface area contributed by atoms with Crippen LogP contribution < -0.4 is 21.1 Å². The molecule has 1 aliphatic rings. The van der Waals surface area contributed by atoms with E-state index in [9.17, 15) is 4.39 Å². The van der Waals surface area contributed by atoms with Gasteiger partial charge in [-0.15, -0.1) is 0 Å². The quantitative estimate of drug-likeness (QED) is 0.368. The third-order valence-electron chi connectivity index (χ3n) is 5.03. The Labute approximate surface area is 186 Å². The normalized spacial score (nSPS) is 17.5. The number of allylic oxidation sites excluding steroid dienone is 1. The molecule has 1 aromatic carbocycles. The van der Waals surface area contributed by atoms with Gasteiger partial charge in [-0.25, -0.2) is 9.37 Å². The Morgan fingerprint density at radius 3 is 2.84 bits per heavy atom. The number of nitrogens with two attached hydrogens (primary N) is 1. The van der Waals surface area contributed by atoms with Gasteiger partial charge in [0.2, 0.25) is 5.90 Å². The Kier molecular flexibility index (Phi) is 7.09. The Bertz CT molecular complexity index is 1110. The molecular formula is C23H27FN6O2. The van der Waals surface area contributed by atoms with Crippen LogP contribution in [-0.2, 0) is 11.3 Å². The number of methoxy groups -OCH3 is 1. The molecule has 0 spiro atoms. The molecule has 0 amide bonds. The summed E-state index contributed by atoms with van der Waals surface area (Å²) < 4.78 is 25.2. The van der Waals surface area contributed by atoms with Crippen LogP contribution in [0.25, 0.3) is 5.70 Å². The lowest BCUT2D eigenvalue weighted by Gasteiger charge is -2.22. The van der Waals surface area contributed by atoms with Gasteiger partial charge < -0.3 is 25.8 Å². The number of hydrogen-bond acceptors (Lipinski definition) is 8. The average Bonchev–Trinajstić information content (AvgIpc) is 2.78.